The fourth-order valence-electron chi connectivity index (χ4n) is 3.82. The Labute approximate surface area is 201 Å². The monoisotopic (exact) mass is 526 g/mol. The number of aromatic nitrogens is 2. The Bertz CT molecular complexity index is 1480. The van der Waals surface area contributed by atoms with Crippen LogP contribution < -0.4 is 43.2 Å². The molecular weight excluding hydrogens is 500 g/mol. The molecule has 190 valence electrons. The molecule has 0 aliphatic carbocycles. The first-order valence-corrected chi connectivity index (χ1v) is 13.3. The molecular formula is C18H26N10O5S2. The molecule has 1 fully saturated rings. The molecule has 3 aromatic rings. The quantitative estimate of drug-likeness (QED) is 0.144. The Morgan fingerprint density at radius 3 is 2.46 bits per heavy atom. The van der Waals surface area contributed by atoms with Crippen molar-refractivity contribution >= 4 is 37.0 Å². The Balaban J connectivity index is 2.03. The van der Waals surface area contributed by atoms with Gasteiger partial charge in [-0.2, -0.15) is 11.1 Å². The van der Waals surface area contributed by atoms with Crippen LogP contribution in [0.1, 0.15) is 11.7 Å². The minimum absolute atomic E-state index is 0.0176. The summed E-state index contributed by atoms with van der Waals surface area (Å²) in [6, 6.07) is 7.84. The number of aryl methyl sites for hydroxylation is 1. The van der Waals surface area contributed by atoms with Crippen LogP contribution in [0, 0.1) is 0 Å². The second kappa shape index (κ2) is 9.39. The van der Waals surface area contributed by atoms with Gasteiger partial charge in [0.05, 0.1) is 17.1 Å². The predicted molar refractivity (Wildman–Crippen MR) is 127 cm³/mol. The molecule has 1 aliphatic rings. The number of nitrogens with zero attached hydrogens (tertiary/aromatic N) is 2. The van der Waals surface area contributed by atoms with Gasteiger partial charge in [0.2, 0.25) is 26.0 Å². The molecule has 1 saturated heterocycles. The first-order chi connectivity index (χ1) is 16.5. The number of aliphatic hydroxyl groups excluding tert-OH is 1. The Morgan fingerprint density at radius 2 is 1.83 bits per heavy atom. The third-order valence-corrected chi connectivity index (χ3v) is 8.14. The van der Waals surface area contributed by atoms with Gasteiger partial charge in [0, 0.05) is 31.3 Å². The third kappa shape index (κ3) is 4.74. The maximum absolute atomic E-state index is 13.1. The number of hydrazine groups is 3. The summed E-state index contributed by atoms with van der Waals surface area (Å²) in [5, 5.41) is 15.3. The zero-order chi connectivity index (χ0) is 25.5. The molecule has 1 aromatic heterocycles. The molecule has 2 heterocycles. The molecule has 0 unspecified atom stereocenters. The average molecular weight is 527 g/mol. The van der Waals surface area contributed by atoms with Gasteiger partial charge in [-0.1, -0.05) is 18.2 Å². The summed E-state index contributed by atoms with van der Waals surface area (Å²) in [5.41, 5.74) is 24.1. The first-order valence-electron chi connectivity index (χ1n) is 10.3. The molecule has 0 spiro atoms. The maximum atomic E-state index is 13.1. The average Bonchev–Trinajstić information content (AvgIpc) is 3.44. The summed E-state index contributed by atoms with van der Waals surface area (Å²) in [4.78, 5) is 3.17. The SMILES string of the molecule is Cn1c(N)nc2c(-c3ccc(S(=O)(=O)NC[C@@H](O)CN)c(S(N)(=O)=O)c3C3NNNN3)cccc21. The van der Waals surface area contributed by atoms with E-state index in [0.29, 0.717) is 22.2 Å². The zero-order valence-electron chi connectivity index (χ0n) is 18.5. The molecule has 15 nitrogen and oxygen atoms in total. The van der Waals surface area contributed by atoms with Crippen LogP contribution in [0.3, 0.4) is 0 Å². The third-order valence-electron chi connectivity index (χ3n) is 5.54. The number of benzene rings is 2. The van der Waals surface area contributed by atoms with Crippen LogP contribution in [-0.2, 0) is 27.1 Å². The van der Waals surface area contributed by atoms with Gasteiger partial charge in [-0.3, -0.25) is 0 Å². The van der Waals surface area contributed by atoms with Crippen LogP contribution in [0.5, 0.6) is 0 Å². The lowest BCUT2D eigenvalue weighted by molar-refractivity contribution is 0.186. The number of hydrogen-bond donors (Lipinski definition) is 9. The van der Waals surface area contributed by atoms with Gasteiger partial charge >= 0.3 is 0 Å². The zero-order valence-corrected chi connectivity index (χ0v) is 20.1. The van der Waals surface area contributed by atoms with E-state index in [1.165, 1.54) is 6.07 Å². The highest BCUT2D eigenvalue weighted by Gasteiger charge is 2.34. The lowest BCUT2D eigenvalue weighted by Crippen LogP contribution is -2.37. The number of imidazole rings is 1. The fourth-order valence-corrected chi connectivity index (χ4v) is 6.55. The van der Waals surface area contributed by atoms with Crippen molar-refractivity contribution in [2.75, 3.05) is 18.8 Å². The van der Waals surface area contributed by atoms with E-state index in [1.54, 1.807) is 29.8 Å². The summed E-state index contributed by atoms with van der Waals surface area (Å²) < 4.78 is 55.8. The second-order valence-corrected chi connectivity index (χ2v) is 11.0. The van der Waals surface area contributed by atoms with Crippen molar-refractivity contribution < 1.29 is 21.9 Å². The number of anilines is 1. The number of nitrogens with one attached hydrogen (secondary N) is 5. The van der Waals surface area contributed by atoms with Crippen LogP contribution in [0.25, 0.3) is 22.2 Å². The van der Waals surface area contributed by atoms with E-state index in [-0.39, 0.29) is 18.1 Å². The molecule has 0 saturated carbocycles. The summed E-state index contributed by atoms with van der Waals surface area (Å²) in [5.74, 6) is 0.239. The Kier molecular flexibility index (Phi) is 6.81. The highest BCUT2D eigenvalue weighted by atomic mass is 32.2. The summed E-state index contributed by atoms with van der Waals surface area (Å²) in [6.45, 7) is -0.616. The molecule has 2 aromatic carbocycles. The van der Waals surface area contributed by atoms with E-state index in [1.807, 2.05) is 0 Å². The molecule has 12 N–H and O–H groups in total. The van der Waals surface area contributed by atoms with Gasteiger partial charge in [0.25, 0.3) is 0 Å². The lowest BCUT2D eigenvalue weighted by atomic mass is 9.96. The number of nitrogen functional groups attached to an aromatic ring is 1. The molecule has 0 radical (unpaired) electrons. The van der Waals surface area contributed by atoms with Crippen molar-refractivity contribution in [3.8, 4) is 11.1 Å². The summed E-state index contributed by atoms with van der Waals surface area (Å²) in [7, 11) is -7.31. The number of primary sulfonamides is 1. The Hall–Kier alpha value is -2.71. The van der Waals surface area contributed by atoms with Crippen LogP contribution in [0.4, 0.5) is 5.95 Å². The van der Waals surface area contributed by atoms with Gasteiger partial charge in [0.15, 0.2) is 0 Å². The smallest absolute Gasteiger partial charge is 0.242 e. The number of aliphatic hydroxyl groups is 1. The van der Waals surface area contributed by atoms with Crippen LogP contribution >= 0.6 is 0 Å². The normalized spacial score (nSPS) is 16.2. The molecule has 1 aliphatic heterocycles. The van der Waals surface area contributed by atoms with Gasteiger partial charge in [-0.25, -0.2) is 42.5 Å². The first kappa shape index (κ1) is 25.4. The van der Waals surface area contributed by atoms with Crippen molar-refractivity contribution in [2.24, 2.45) is 17.9 Å². The van der Waals surface area contributed by atoms with E-state index in [0.717, 1.165) is 6.07 Å². The number of rotatable bonds is 8. The van der Waals surface area contributed by atoms with E-state index in [9.17, 15) is 21.9 Å². The minimum atomic E-state index is -4.61. The maximum Gasteiger partial charge on any atom is 0.242 e. The number of para-hydroxylation sites is 1. The minimum Gasteiger partial charge on any atom is -0.390 e. The van der Waals surface area contributed by atoms with E-state index < -0.39 is 48.7 Å². The van der Waals surface area contributed by atoms with Crippen molar-refractivity contribution in [2.45, 2.75) is 22.1 Å². The van der Waals surface area contributed by atoms with Crippen molar-refractivity contribution in [3.63, 3.8) is 0 Å². The lowest BCUT2D eigenvalue weighted by Gasteiger charge is -2.22. The molecule has 1 atom stereocenters. The fraction of sp³-hybridized carbons (Fsp3) is 0.278. The topological polar surface area (TPSA) is 245 Å². The van der Waals surface area contributed by atoms with Crippen LogP contribution in [0.15, 0.2) is 40.1 Å². The largest absolute Gasteiger partial charge is 0.390 e. The van der Waals surface area contributed by atoms with Crippen LogP contribution in [0.2, 0.25) is 0 Å². The number of sulfonamides is 2. The number of fused-ring (bicyclic) bond motifs is 1. The highest BCUT2D eigenvalue weighted by molar-refractivity contribution is 7.92. The van der Waals surface area contributed by atoms with Gasteiger partial charge in [0.1, 0.15) is 16.0 Å². The van der Waals surface area contributed by atoms with Crippen molar-refractivity contribution in [1.29, 1.82) is 0 Å². The van der Waals surface area contributed by atoms with Crippen LogP contribution in [-0.4, -0.2) is 50.7 Å². The molecule has 35 heavy (non-hydrogen) atoms. The predicted octanol–water partition coefficient (Wildman–Crippen LogP) is -2.82. The highest BCUT2D eigenvalue weighted by Crippen LogP contribution is 2.39. The molecule has 17 heteroatoms. The van der Waals surface area contributed by atoms with Gasteiger partial charge in [-0.05, 0) is 17.7 Å². The summed E-state index contributed by atoms with van der Waals surface area (Å²) >= 11 is 0. The van der Waals surface area contributed by atoms with Gasteiger partial charge in [-0.15, -0.1) is 0 Å². The molecule has 0 amide bonds. The van der Waals surface area contributed by atoms with E-state index in [2.05, 4.69) is 31.6 Å². The Morgan fingerprint density at radius 1 is 1.14 bits per heavy atom. The number of nitrogens with two attached hydrogens (primary N) is 3. The molecule has 0 bridgehead atoms. The van der Waals surface area contributed by atoms with Crippen molar-refractivity contribution in [3.05, 3.63) is 35.9 Å². The molecule has 4 rings (SSSR count). The summed E-state index contributed by atoms with van der Waals surface area (Å²) in [6.07, 6.45) is -2.10. The number of hydrogen-bond acceptors (Lipinski definition) is 12. The van der Waals surface area contributed by atoms with E-state index >= 15 is 0 Å². The van der Waals surface area contributed by atoms with Gasteiger partial charge < -0.3 is 21.1 Å². The standard InChI is InChI=1S/C18H26N10O5S2/c1-28-12-4-2-3-11(15(12)23-18(28)20)10-5-6-13(35(32,33)22-8-9(29)7-19)16(34(21,30)31)14(10)17-24-26-27-25-17/h2-6,9,17,22,24-27,29H,7-8,19H2,1H3,(H2,20,23)(H2,21,30,31)/t9-/m0/s1. The second-order valence-electron chi connectivity index (χ2n) is 7.81. The van der Waals surface area contributed by atoms with E-state index in [4.69, 9.17) is 16.6 Å². The van der Waals surface area contributed by atoms with Crippen molar-refractivity contribution in [1.82, 2.24) is 36.2 Å².